The molecule has 0 spiro atoms. The molecule has 0 bridgehead atoms. The van der Waals surface area contributed by atoms with Crippen LogP contribution in [0.15, 0.2) is 18.2 Å². The molecule has 2 aromatic rings. The summed E-state index contributed by atoms with van der Waals surface area (Å²) in [7, 11) is 0. The summed E-state index contributed by atoms with van der Waals surface area (Å²) < 4.78 is 3.35. The van der Waals surface area contributed by atoms with Crippen molar-refractivity contribution in [2.45, 2.75) is 39.0 Å². The quantitative estimate of drug-likeness (QED) is 0.577. The number of fused-ring (bicyclic) bond motifs is 1. The molecule has 0 atom stereocenters. The van der Waals surface area contributed by atoms with Gasteiger partial charge in [0.05, 0.1) is 16.9 Å². The highest BCUT2D eigenvalue weighted by molar-refractivity contribution is 14.1. The predicted molar refractivity (Wildman–Crippen MR) is 93.0 cm³/mol. The monoisotopic (exact) mass is 383 g/mol. The highest BCUT2D eigenvalue weighted by Crippen LogP contribution is 2.31. The molecule has 2 heterocycles. The molecular formula is C16H22IN3. The van der Waals surface area contributed by atoms with Crippen LogP contribution >= 0.6 is 22.6 Å². The summed E-state index contributed by atoms with van der Waals surface area (Å²) in [6.45, 7) is 3.29. The van der Waals surface area contributed by atoms with Crippen LogP contribution in [0.4, 0.5) is 5.69 Å². The Morgan fingerprint density at radius 1 is 1.40 bits per heavy atom. The number of hydrogen-bond donors (Lipinski definition) is 1. The van der Waals surface area contributed by atoms with Crippen LogP contribution in [0.3, 0.4) is 0 Å². The van der Waals surface area contributed by atoms with Crippen LogP contribution in [0, 0.1) is 5.92 Å². The second-order valence-electron chi connectivity index (χ2n) is 5.61. The maximum Gasteiger partial charge on any atom is 0.0899 e. The third-order valence-electron chi connectivity index (χ3n) is 3.97. The van der Waals surface area contributed by atoms with Gasteiger partial charge < -0.3 is 5.32 Å². The summed E-state index contributed by atoms with van der Waals surface area (Å²) in [6, 6.07) is 6.56. The summed E-state index contributed by atoms with van der Waals surface area (Å²) in [5.74, 6) is 0.886. The zero-order valence-corrected chi connectivity index (χ0v) is 14.2. The molecule has 0 amide bonds. The van der Waals surface area contributed by atoms with E-state index in [9.17, 15) is 0 Å². The number of pyridine rings is 1. The minimum atomic E-state index is 0.886. The van der Waals surface area contributed by atoms with Crippen LogP contribution in [-0.4, -0.2) is 20.6 Å². The first-order valence-electron chi connectivity index (χ1n) is 7.62. The van der Waals surface area contributed by atoms with E-state index in [0.29, 0.717) is 0 Å². The molecule has 0 saturated heterocycles. The van der Waals surface area contributed by atoms with E-state index >= 15 is 0 Å². The van der Waals surface area contributed by atoms with Crippen molar-refractivity contribution in [3.05, 3.63) is 29.6 Å². The van der Waals surface area contributed by atoms with Gasteiger partial charge in [-0.25, -0.2) is 4.52 Å². The first kappa shape index (κ1) is 14.2. The summed E-state index contributed by atoms with van der Waals surface area (Å²) in [5, 5.41) is 8.48. The zero-order valence-electron chi connectivity index (χ0n) is 12.0. The van der Waals surface area contributed by atoms with E-state index in [-0.39, 0.29) is 0 Å². The van der Waals surface area contributed by atoms with E-state index in [1.54, 1.807) is 0 Å². The topological polar surface area (TPSA) is 29.3 Å². The van der Waals surface area contributed by atoms with Crippen molar-refractivity contribution in [3.63, 3.8) is 0 Å². The van der Waals surface area contributed by atoms with Gasteiger partial charge in [0.25, 0.3) is 0 Å². The maximum atomic E-state index is 4.83. The average molecular weight is 383 g/mol. The summed E-state index contributed by atoms with van der Waals surface area (Å²) in [5.41, 5.74) is 5.03. The van der Waals surface area contributed by atoms with Crippen molar-refractivity contribution in [1.82, 2.24) is 9.61 Å². The standard InChI is InChI=1S/C16H22IN3/c1-2-14-16(18-11-12-8-9-12)15-7-3-5-13(6-4-10-17)20(15)19-14/h3,5,7,12,18H,2,4,6,8-11H2,1H3. The lowest BCUT2D eigenvalue weighted by Crippen LogP contribution is -2.04. The molecule has 1 aliphatic carbocycles. The number of aromatic nitrogens is 2. The minimum Gasteiger partial charge on any atom is -0.381 e. The van der Waals surface area contributed by atoms with Crippen LogP contribution in [0.5, 0.6) is 0 Å². The van der Waals surface area contributed by atoms with Gasteiger partial charge in [0.1, 0.15) is 0 Å². The van der Waals surface area contributed by atoms with Crippen LogP contribution < -0.4 is 5.32 Å². The third kappa shape index (κ3) is 2.95. The number of halogens is 1. The van der Waals surface area contributed by atoms with Crippen LogP contribution in [0.25, 0.3) is 5.52 Å². The Morgan fingerprint density at radius 2 is 2.25 bits per heavy atom. The lowest BCUT2D eigenvalue weighted by molar-refractivity contribution is 0.797. The van der Waals surface area contributed by atoms with Gasteiger partial charge in [0.15, 0.2) is 0 Å². The van der Waals surface area contributed by atoms with E-state index in [2.05, 4.69) is 57.5 Å². The summed E-state index contributed by atoms with van der Waals surface area (Å²) >= 11 is 2.44. The van der Waals surface area contributed by atoms with Crippen LogP contribution in [0.2, 0.25) is 0 Å². The lowest BCUT2D eigenvalue weighted by atomic mass is 10.2. The summed E-state index contributed by atoms with van der Waals surface area (Å²) in [6.07, 6.45) is 6.07. The lowest BCUT2D eigenvalue weighted by Gasteiger charge is -2.06. The Kier molecular flexibility index (Phi) is 4.48. The smallest absolute Gasteiger partial charge is 0.0899 e. The SMILES string of the molecule is CCc1nn2c(CCCI)cccc2c1NCC1CC1. The highest BCUT2D eigenvalue weighted by Gasteiger charge is 2.22. The van der Waals surface area contributed by atoms with Crippen LogP contribution in [0.1, 0.15) is 37.6 Å². The van der Waals surface area contributed by atoms with Crippen molar-refractivity contribution >= 4 is 33.8 Å². The average Bonchev–Trinajstić information content (AvgIpc) is 3.23. The fraction of sp³-hybridized carbons (Fsp3) is 0.562. The van der Waals surface area contributed by atoms with Gasteiger partial charge in [0.2, 0.25) is 0 Å². The first-order valence-corrected chi connectivity index (χ1v) is 9.15. The van der Waals surface area contributed by atoms with Crippen molar-refractivity contribution in [1.29, 1.82) is 0 Å². The Labute approximate surface area is 134 Å². The van der Waals surface area contributed by atoms with Gasteiger partial charge in [-0.2, -0.15) is 5.10 Å². The van der Waals surface area contributed by atoms with E-state index in [1.807, 2.05) is 0 Å². The number of nitrogens with zero attached hydrogens (tertiary/aromatic N) is 2. The first-order chi connectivity index (χ1) is 9.83. The zero-order chi connectivity index (χ0) is 13.9. The highest BCUT2D eigenvalue weighted by atomic mass is 127. The number of nitrogens with one attached hydrogen (secondary N) is 1. The Balaban J connectivity index is 1.94. The van der Waals surface area contributed by atoms with Gasteiger partial charge >= 0.3 is 0 Å². The van der Waals surface area contributed by atoms with E-state index in [4.69, 9.17) is 5.10 Å². The third-order valence-corrected chi connectivity index (χ3v) is 4.74. The van der Waals surface area contributed by atoms with Gasteiger partial charge in [-0.15, -0.1) is 0 Å². The fourth-order valence-corrected chi connectivity index (χ4v) is 3.00. The number of aryl methyl sites for hydroxylation is 2. The van der Waals surface area contributed by atoms with Crippen molar-refractivity contribution < 1.29 is 0 Å². The van der Waals surface area contributed by atoms with Gasteiger partial charge in [-0.05, 0) is 54.6 Å². The molecule has 0 unspecified atom stereocenters. The van der Waals surface area contributed by atoms with Gasteiger partial charge in [-0.1, -0.05) is 35.6 Å². The normalized spacial score (nSPS) is 14.9. The van der Waals surface area contributed by atoms with Crippen molar-refractivity contribution in [3.8, 4) is 0 Å². The molecular weight excluding hydrogens is 361 g/mol. The van der Waals surface area contributed by atoms with E-state index in [0.717, 1.165) is 25.3 Å². The number of rotatable bonds is 7. The molecule has 3 rings (SSSR count). The number of anilines is 1. The van der Waals surface area contributed by atoms with Crippen LogP contribution in [-0.2, 0) is 12.8 Å². The second-order valence-corrected chi connectivity index (χ2v) is 6.68. The maximum absolute atomic E-state index is 4.83. The van der Waals surface area contributed by atoms with Crippen molar-refractivity contribution in [2.24, 2.45) is 5.92 Å². The molecule has 0 aliphatic heterocycles. The number of alkyl halides is 1. The molecule has 20 heavy (non-hydrogen) atoms. The fourth-order valence-electron chi connectivity index (χ4n) is 2.62. The Bertz CT molecular complexity index is 587. The molecule has 0 aromatic carbocycles. The molecule has 1 saturated carbocycles. The molecule has 1 fully saturated rings. The van der Waals surface area contributed by atoms with Gasteiger partial charge in [0, 0.05) is 12.2 Å². The predicted octanol–water partition coefficient (Wildman–Crippen LogP) is 4.09. The molecule has 0 radical (unpaired) electrons. The van der Waals surface area contributed by atoms with E-state index < -0.39 is 0 Å². The Hall–Kier alpha value is -0.780. The second kappa shape index (κ2) is 6.33. The number of hydrogen-bond acceptors (Lipinski definition) is 2. The van der Waals surface area contributed by atoms with Crippen molar-refractivity contribution in [2.75, 3.05) is 16.3 Å². The van der Waals surface area contributed by atoms with E-state index in [1.165, 1.54) is 46.3 Å². The molecule has 1 N–H and O–H groups in total. The molecule has 4 heteroatoms. The summed E-state index contributed by atoms with van der Waals surface area (Å²) in [4.78, 5) is 0. The largest absolute Gasteiger partial charge is 0.381 e. The minimum absolute atomic E-state index is 0.886. The molecule has 3 nitrogen and oxygen atoms in total. The molecule has 1 aliphatic rings. The molecule has 108 valence electrons. The molecule has 2 aromatic heterocycles. The Morgan fingerprint density at radius 3 is 2.95 bits per heavy atom. The van der Waals surface area contributed by atoms with Gasteiger partial charge in [-0.3, -0.25) is 0 Å².